The number of nitrogens with two attached hydrogens (primary N) is 1. The largest absolute Gasteiger partial charge is 0.493 e. The Hall–Kier alpha value is -2.11. The van der Waals surface area contributed by atoms with Crippen molar-refractivity contribution in [2.45, 2.75) is 12.5 Å². The van der Waals surface area contributed by atoms with Gasteiger partial charge in [-0.2, -0.15) is 0 Å². The van der Waals surface area contributed by atoms with Crippen molar-refractivity contribution >= 4 is 0 Å². The molecule has 0 spiro atoms. The molecule has 0 bridgehead atoms. The first-order chi connectivity index (χ1) is 10.2. The zero-order valence-corrected chi connectivity index (χ0v) is 12.1. The van der Waals surface area contributed by atoms with Gasteiger partial charge in [0.25, 0.3) is 0 Å². The van der Waals surface area contributed by atoms with Crippen molar-refractivity contribution in [3.63, 3.8) is 0 Å². The summed E-state index contributed by atoms with van der Waals surface area (Å²) in [4.78, 5) is 0. The molecule has 0 amide bonds. The van der Waals surface area contributed by atoms with E-state index in [1.807, 2.05) is 24.3 Å². The predicted octanol–water partition coefficient (Wildman–Crippen LogP) is 2.59. The Bertz CT molecular complexity index is 605. The number of halogens is 1. The quantitative estimate of drug-likeness (QED) is 0.634. The highest BCUT2D eigenvalue weighted by atomic mass is 19.1. The van der Waals surface area contributed by atoms with Crippen LogP contribution in [-0.4, -0.2) is 14.2 Å². The van der Waals surface area contributed by atoms with E-state index in [0.717, 1.165) is 11.1 Å². The van der Waals surface area contributed by atoms with Crippen molar-refractivity contribution in [2.75, 3.05) is 14.2 Å². The summed E-state index contributed by atoms with van der Waals surface area (Å²) in [5, 5.41) is 0. The minimum Gasteiger partial charge on any atom is -0.493 e. The molecule has 2 aromatic carbocycles. The van der Waals surface area contributed by atoms with Gasteiger partial charge in [-0.1, -0.05) is 18.2 Å². The van der Waals surface area contributed by atoms with Gasteiger partial charge in [-0.05, 0) is 41.8 Å². The van der Waals surface area contributed by atoms with E-state index >= 15 is 0 Å². The Labute approximate surface area is 123 Å². The summed E-state index contributed by atoms with van der Waals surface area (Å²) >= 11 is 0. The van der Waals surface area contributed by atoms with Gasteiger partial charge in [0.2, 0.25) is 0 Å². The molecule has 112 valence electrons. The maximum absolute atomic E-state index is 13.3. The van der Waals surface area contributed by atoms with E-state index in [-0.39, 0.29) is 11.9 Å². The fourth-order valence-corrected chi connectivity index (χ4v) is 2.24. The Balaban J connectivity index is 2.25. The molecule has 0 saturated heterocycles. The number of nitrogens with one attached hydrogen (secondary N) is 1. The minimum absolute atomic E-state index is 0.147. The molecular formula is C16H19FN2O2. The van der Waals surface area contributed by atoms with Crippen LogP contribution in [0, 0.1) is 5.82 Å². The van der Waals surface area contributed by atoms with Gasteiger partial charge in [-0.15, -0.1) is 0 Å². The number of rotatable bonds is 6. The summed E-state index contributed by atoms with van der Waals surface area (Å²) in [5.74, 6) is 6.67. The first-order valence-corrected chi connectivity index (χ1v) is 6.60. The summed E-state index contributed by atoms with van der Waals surface area (Å²) in [5.41, 5.74) is 4.57. The SMILES string of the molecule is COc1ccc(C(Cc2cccc(F)c2)NN)cc1OC. The van der Waals surface area contributed by atoms with E-state index < -0.39 is 0 Å². The van der Waals surface area contributed by atoms with E-state index in [0.29, 0.717) is 17.9 Å². The predicted molar refractivity (Wildman–Crippen MR) is 79.7 cm³/mol. The van der Waals surface area contributed by atoms with E-state index in [9.17, 15) is 4.39 Å². The van der Waals surface area contributed by atoms with E-state index in [2.05, 4.69) is 5.43 Å². The summed E-state index contributed by atoms with van der Waals surface area (Å²) in [7, 11) is 3.17. The van der Waals surface area contributed by atoms with Crippen molar-refractivity contribution in [3.8, 4) is 11.5 Å². The van der Waals surface area contributed by atoms with Crippen LogP contribution < -0.4 is 20.7 Å². The van der Waals surface area contributed by atoms with Crippen molar-refractivity contribution < 1.29 is 13.9 Å². The third kappa shape index (κ3) is 3.71. The lowest BCUT2D eigenvalue weighted by atomic mass is 9.99. The van der Waals surface area contributed by atoms with Gasteiger partial charge in [0, 0.05) is 0 Å². The third-order valence-electron chi connectivity index (χ3n) is 3.34. The molecule has 0 fully saturated rings. The van der Waals surface area contributed by atoms with Gasteiger partial charge in [0.15, 0.2) is 11.5 Å². The maximum atomic E-state index is 13.3. The number of ether oxygens (including phenoxy) is 2. The number of hydrogen-bond acceptors (Lipinski definition) is 4. The number of benzene rings is 2. The second-order valence-electron chi connectivity index (χ2n) is 4.67. The normalized spacial score (nSPS) is 12.0. The molecule has 5 heteroatoms. The smallest absolute Gasteiger partial charge is 0.161 e. The lowest BCUT2D eigenvalue weighted by Gasteiger charge is -2.18. The fourth-order valence-electron chi connectivity index (χ4n) is 2.24. The highest BCUT2D eigenvalue weighted by molar-refractivity contribution is 5.44. The first kappa shape index (κ1) is 15.3. The number of hydrogen-bond donors (Lipinski definition) is 2. The Morgan fingerprint density at radius 2 is 1.86 bits per heavy atom. The average Bonchev–Trinajstić information content (AvgIpc) is 2.52. The van der Waals surface area contributed by atoms with Crippen molar-refractivity contribution in [1.82, 2.24) is 5.43 Å². The summed E-state index contributed by atoms with van der Waals surface area (Å²) < 4.78 is 23.8. The van der Waals surface area contributed by atoms with Crippen LogP contribution in [0.3, 0.4) is 0 Å². The third-order valence-corrected chi connectivity index (χ3v) is 3.34. The first-order valence-electron chi connectivity index (χ1n) is 6.60. The highest BCUT2D eigenvalue weighted by Gasteiger charge is 2.14. The molecule has 0 aromatic heterocycles. The van der Waals surface area contributed by atoms with Crippen LogP contribution >= 0.6 is 0 Å². The fraction of sp³-hybridized carbons (Fsp3) is 0.250. The molecular weight excluding hydrogens is 271 g/mol. The molecule has 0 aliphatic carbocycles. The molecule has 3 N–H and O–H groups in total. The number of methoxy groups -OCH3 is 2. The summed E-state index contributed by atoms with van der Waals surface area (Å²) in [6, 6.07) is 11.9. The monoisotopic (exact) mass is 290 g/mol. The van der Waals surface area contributed by atoms with Gasteiger partial charge in [0.1, 0.15) is 5.82 Å². The zero-order valence-electron chi connectivity index (χ0n) is 12.1. The molecule has 1 unspecified atom stereocenters. The van der Waals surface area contributed by atoms with Crippen LogP contribution in [0.5, 0.6) is 11.5 Å². The molecule has 0 aliphatic heterocycles. The van der Waals surface area contributed by atoms with Crippen molar-refractivity contribution in [3.05, 3.63) is 59.4 Å². The van der Waals surface area contributed by atoms with Crippen LogP contribution in [0.25, 0.3) is 0 Å². The molecule has 0 radical (unpaired) electrons. The van der Waals surface area contributed by atoms with Crippen LogP contribution in [0.15, 0.2) is 42.5 Å². The van der Waals surface area contributed by atoms with E-state index in [1.54, 1.807) is 20.3 Å². The standard InChI is InChI=1S/C16H19FN2O2/c1-20-15-7-6-12(10-16(15)21-2)14(19-18)9-11-4-3-5-13(17)8-11/h3-8,10,14,19H,9,18H2,1-2H3. The van der Waals surface area contributed by atoms with Gasteiger partial charge in [0.05, 0.1) is 20.3 Å². The Kier molecular flexibility index (Phi) is 5.14. The van der Waals surface area contributed by atoms with E-state index in [4.69, 9.17) is 15.3 Å². The van der Waals surface area contributed by atoms with Crippen LogP contribution in [0.1, 0.15) is 17.2 Å². The molecule has 2 aromatic rings. The molecule has 1 atom stereocenters. The average molecular weight is 290 g/mol. The number of hydrazine groups is 1. The van der Waals surface area contributed by atoms with Crippen LogP contribution in [-0.2, 0) is 6.42 Å². The van der Waals surface area contributed by atoms with Crippen LogP contribution in [0.2, 0.25) is 0 Å². The summed E-state index contributed by atoms with van der Waals surface area (Å²) in [6.07, 6.45) is 0.573. The molecule has 4 nitrogen and oxygen atoms in total. The van der Waals surface area contributed by atoms with Crippen molar-refractivity contribution in [1.29, 1.82) is 0 Å². The molecule has 2 rings (SSSR count). The van der Waals surface area contributed by atoms with Gasteiger partial charge in [-0.25, -0.2) is 4.39 Å². The Morgan fingerprint density at radius 3 is 2.48 bits per heavy atom. The second kappa shape index (κ2) is 7.06. The second-order valence-corrected chi connectivity index (χ2v) is 4.67. The lowest BCUT2D eigenvalue weighted by Crippen LogP contribution is -2.29. The van der Waals surface area contributed by atoms with Crippen molar-refractivity contribution in [2.24, 2.45) is 5.84 Å². The van der Waals surface area contributed by atoms with Crippen LogP contribution in [0.4, 0.5) is 4.39 Å². The van der Waals surface area contributed by atoms with Gasteiger partial charge in [-0.3, -0.25) is 11.3 Å². The molecule has 0 heterocycles. The molecule has 0 aliphatic rings. The van der Waals surface area contributed by atoms with E-state index in [1.165, 1.54) is 12.1 Å². The topological polar surface area (TPSA) is 56.5 Å². The highest BCUT2D eigenvalue weighted by Crippen LogP contribution is 2.30. The minimum atomic E-state index is -0.254. The zero-order chi connectivity index (χ0) is 15.2. The van der Waals surface area contributed by atoms with Gasteiger partial charge >= 0.3 is 0 Å². The lowest BCUT2D eigenvalue weighted by molar-refractivity contribution is 0.353. The molecule has 21 heavy (non-hydrogen) atoms. The Morgan fingerprint density at radius 1 is 1.10 bits per heavy atom. The maximum Gasteiger partial charge on any atom is 0.161 e. The van der Waals surface area contributed by atoms with Gasteiger partial charge < -0.3 is 9.47 Å². The molecule has 0 saturated carbocycles. The summed E-state index contributed by atoms with van der Waals surface area (Å²) in [6.45, 7) is 0.